The number of rotatable bonds is 6. The van der Waals surface area contributed by atoms with E-state index in [0.29, 0.717) is 5.92 Å². The van der Waals surface area contributed by atoms with Gasteiger partial charge in [0.05, 0.1) is 6.54 Å². The summed E-state index contributed by atoms with van der Waals surface area (Å²) in [4.78, 5) is 4.42. The van der Waals surface area contributed by atoms with Crippen molar-refractivity contribution in [2.24, 2.45) is 10.9 Å². The second kappa shape index (κ2) is 8.00. The van der Waals surface area contributed by atoms with Crippen molar-refractivity contribution >= 4 is 29.1 Å². The molecule has 19 heavy (non-hydrogen) atoms. The second-order valence-electron chi connectivity index (χ2n) is 6.07. The third-order valence-corrected chi connectivity index (χ3v) is 3.61. The molecule has 1 rings (SSSR count). The van der Waals surface area contributed by atoms with Gasteiger partial charge in [0.25, 0.3) is 0 Å². The molecule has 0 aliphatic rings. The van der Waals surface area contributed by atoms with Crippen molar-refractivity contribution in [3.63, 3.8) is 0 Å². The van der Waals surface area contributed by atoms with Crippen LogP contribution in [0.1, 0.15) is 38.8 Å². The summed E-state index contributed by atoms with van der Waals surface area (Å²) in [6.45, 7) is 10.8. The Labute approximate surface area is 131 Å². The van der Waals surface area contributed by atoms with Crippen LogP contribution in [0.2, 0.25) is 0 Å². The lowest BCUT2D eigenvalue weighted by molar-refractivity contribution is 0.589. The zero-order valence-corrected chi connectivity index (χ0v) is 14.6. The van der Waals surface area contributed by atoms with Gasteiger partial charge >= 0.3 is 0 Å². The average molecular weight is 372 g/mol. The first-order chi connectivity index (χ1) is 8.93. The van der Waals surface area contributed by atoms with Gasteiger partial charge < -0.3 is 0 Å². The Hall–Kier alpha value is -0.420. The van der Waals surface area contributed by atoms with Crippen LogP contribution in [0.25, 0.3) is 0 Å². The molecule has 2 nitrogen and oxygen atoms in total. The van der Waals surface area contributed by atoms with E-state index in [1.807, 2.05) is 0 Å². The summed E-state index contributed by atoms with van der Waals surface area (Å²) in [5.41, 5.74) is 3.02. The summed E-state index contributed by atoms with van der Waals surface area (Å²) < 4.78 is 3.07. The molecule has 0 heterocycles. The normalized spacial score (nSPS) is 13.9. The van der Waals surface area contributed by atoms with E-state index in [9.17, 15) is 0 Å². The fourth-order valence-electron chi connectivity index (χ4n) is 1.93. The Morgan fingerprint density at radius 1 is 1.26 bits per heavy atom. The number of hydrogen-bond acceptors (Lipinski definition) is 2. The first kappa shape index (κ1) is 16.6. The second-order valence-corrected chi connectivity index (χ2v) is 6.83. The molecule has 1 aromatic carbocycles. The number of nitrogens with one attached hydrogen (secondary N) is 1. The zero-order chi connectivity index (χ0) is 14.3. The van der Waals surface area contributed by atoms with E-state index in [0.717, 1.165) is 19.5 Å². The number of aliphatic imine (C=N–C) groups is 1. The van der Waals surface area contributed by atoms with Crippen molar-refractivity contribution in [2.75, 3.05) is 13.1 Å². The number of benzene rings is 1. The first-order valence-corrected chi connectivity index (χ1v) is 7.94. The van der Waals surface area contributed by atoms with Gasteiger partial charge in [-0.15, -0.1) is 0 Å². The quantitative estimate of drug-likeness (QED) is 0.345. The predicted molar refractivity (Wildman–Crippen MR) is 93.4 cm³/mol. The van der Waals surface area contributed by atoms with Gasteiger partial charge in [-0.3, -0.25) is 8.52 Å². The zero-order valence-electron chi connectivity index (χ0n) is 12.4. The van der Waals surface area contributed by atoms with Crippen molar-refractivity contribution in [1.29, 1.82) is 0 Å². The van der Waals surface area contributed by atoms with Crippen molar-refractivity contribution < 1.29 is 0 Å². The van der Waals surface area contributed by atoms with E-state index in [1.165, 1.54) is 11.1 Å². The van der Waals surface area contributed by atoms with Crippen LogP contribution in [0.5, 0.6) is 0 Å². The fraction of sp³-hybridized carbons (Fsp3) is 0.562. The number of halogens is 1. The molecule has 0 saturated carbocycles. The minimum absolute atomic E-state index is 0.234. The van der Waals surface area contributed by atoms with Crippen LogP contribution in [0.15, 0.2) is 29.3 Å². The largest absolute Gasteiger partial charge is 0.296 e. The highest BCUT2D eigenvalue weighted by atomic mass is 127. The molecule has 0 radical (unpaired) electrons. The average Bonchev–Trinajstić information content (AvgIpc) is 2.34. The Morgan fingerprint density at radius 3 is 2.42 bits per heavy atom. The van der Waals surface area contributed by atoms with Crippen LogP contribution in [-0.2, 0) is 11.8 Å². The van der Waals surface area contributed by atoms with Crippen molar-refractivity contribution in [2.45, 2.75) is 39.5 Å². The molecule has 1 unspecified atom stereocenters. The summed E-state index contributed by atoms with van der Waals surface area (Å²) in [5.74, 6) is 0.495. The van der Waals surface area contributed by atoms with Gasteiger partial charge in [0.2, 0.25) is 0 Å². The number of nitrogens with zero attached hydrogens (tertiary/aromatic N) is 1. The maximum atomic E-state index is 4.42. The minimum Gasteiger partial charge on any atom is -0.296 e. The van der Waals surface area contributed by atoms with Crippen molar-refractivity contribution in [1.82, 2.24) is 3.53 Å². The lowest BCUT2D eigenvalue weighted by Gasteiger charge is -2.19. The molecule has 0 spiro atoms. The van der Waals surface area contributed by atoms with Gasteiger partial charge in [0, 0.05) is 35.6 Å². The molecular formula is C16H25IN2. The molecule has 106 valence electrons. The van der Waals surface area contributed by atoms with Crippen LogP contribution in [0.3, 0.4) is 0 Å². The summed E-state index contributed by atoms with van der Waals surface area (Å²) in [7, 11) is 0. The van der Waals surface area contributed by atoms with Gasteiger partial charge in [-0.25, -0.2) is 0 Å². The van der Waals surface area contributed by atoms with Crippen LogP contribution < -0.4 is 3.53 Å². The molecule has 0 aromatic heterocycles. The molecule has 0 fully saturated rings. The Bertz CT molecular complexity index is 390. The highest BCUT2D eigenvalue weighted by molar-refractivity contribution is 14.1. The highest BCUT2D eigenvalue weighted by Gasteiger charge is 2.12. The van der Waals surface area contributed by atoms with Gasteiger partial charge in [-0.2, -0.15) is 0 Å². The van der Waals surface area contributed by atoms with Gasteiger partial charge in [0.15, 0.2) is 0 Å². The molecule has 1 aromatic rings. The molecule has 0 saturated heterocycles. The van der Waals surface area contributed by atoms with Gasteiger partial charge in [0.1, 0.15) is 0 Å². The predicted octanol–water partition coefficient (Wildman–Crippen LogP) is 4.17. The maximum absolute atomic E-state index is 4.42. The molecule has 1 N–H and O–H groups in total. The van der Waals surface area contributed by atoms with Crippen LogP contribution in [0.4, 0.5) is 0 Å². The smallest absolute Gasteiger partial charge is 0.0518 e. The monoisotopic (exact) mass is 372 g/mol. The van der Waals surface area contributed by atoms with E-state index in [4.69, 9.17) is 0 Å². The lowest BCUT2D eigenvalue weighted by atomic mass is 9.86. The standard InChI is InChI=1S/C16H25IN2/c1-13(12-18-9-10-19-17)11-14-5-7-15(8-6-14)16(2,3)4/h5-8,12-13,19H,9-11H2,1-4H3. The maximum Gasteiger partial charge on any atom is 0.0518 e. The SMILES string of the molecule is CC(C=NCCNI)Cc1ccc(C(C)(C)C)cc1. The summed E-state index contributed by atoms with van der Waals surface area (Å²) in [5, 5.41) is 0. The third kappa shape index (κ3) is 6.52. The molecular weight excluding hydrogens is 347 g/mol. The molecule has 0 aliphatic carbocycles. The van der Waals surface area contributed by atoms with E-state index in [-0.39, 0.29) is 5.41 Å². The third-order valence-electron chi connectivity index (χ3n) is 3.07. The Morgan fingerprint density at radius 2 is 1.89 bits per heavy atom. The molecule has 0 bridgehead atoms. The van der Waals surface area contributed by atoms with E-state index >= 15 is 0 Å². The fourth-order valence-corrected chi connectivity index (χ4v) is 2.17. The summed E-state index contributed by atoms with van der Waals surface area (Å²) in [6.07, 6.45) is 3.14. The van der Waals surface area contributed by atoms with E-state index < -0.39 is 0 Å². The molecule has 3 heteroatoms. The molecule has 0 aliphatic heterocycles. The van der Waals surface area contributed by atoms with E-state index in [1.54, 1.807) is 0 Å². The van der Waals surface area contributed by atoms with Crippen LogP contribution in [0, 0.1) is 5.92 Å². The van der Waals surface area contributed by atoms with Gasteiger partial charge in [-0.1, -0.05) is 52.0 Å². The lowest BCUT2D eigenvalue weighted by Crippen LogP contribution is -2.11. The molecule has 0 amide bonds. The Kier molecular flexibility index (Phi) is 7.00. The van der Waals surface area contributed by atoms with Crippen molar-refractivity contribution in [3.05, 3.63) is 35.4 Å². The summed E-state index contributed by atoms with van der Waals surface area (Å²) in [6, 6.07) is 8.99. The number of hydrogen-bond donors (Lipinski definition) is 1. The Balaban J connectivity index is 2.51. The van der Waals surface area contributed by atoms with Crippen LogP contribution in [-0.4, -0.2) is 19.3 Å². The van der Waals surface area contributed by atoms with E-state index in [2.05, 4.69) is 89.6 Å². The molecule has 1 atom stereocenters. The highest BCUT2D eigenvalue weighted by Crippen LogP contribution is 2.22. The first-order valence-electron chi connectivity index (χ1n) is 6.86. The van der Waals surface area contributed by atoms with Gasteiger partial charge in [-0.05, 0) is 28.9 Å². The topological polar surface area (TPSA) is 24.4 Å². The van der Waals surface area contributed by atoms with Crippen molar-refractivity contribution in [3.8, 4) is 0 Å². The summed E-state index contributed by atoms with van der Waals surface area (Å²) >= 11 is 2.15. The minimum atomic E-state index is 0.234. The van der Waals surface area contributed by atoms with Crippen LogP contribution >= 0.6 is 22.9 Å².